The Hall–Kier alpha value is -1.08. The standard InChI is InChI=1S/C13H22N2O4S/c1-10-2-3-12(9-20(10,17)18)15-13(16)14-8-11-4-6-19-7-5-11/h4,10,12H,2-3,5-9H2,1H3,(H2,14,15,16). The maximum atomic E-state index is 11.8. The number of sulfone groups is 1. The van der Waals surface area contributed by atoms with E-state index in [1.807, 2.05) is 6.08 Å². The van der Waals surface area contributed by atoms with Crippen LogP contribution >= 0.6 is 0 Å². The van der Waals surface area contributed by atoms with Gasteiger partial charge in [0, 0.05) is 12.6 Å². The summed E-state index contributed by atoms with van der Waals surface area (Å²) in [6.07, 6.45) is 4.12. The van der Waals surface area contributed by atoms with Gasteiger partial charge >= 0.3 is 6.03 Å². The quantitative estimate of drug-likeness (QED) is 0.748. The fraction of sp³-hybridized carbons (Fsp3) is 0.769. The van der Waals surface area contributed by atoms with E-state index in [-0.39, 0.29) is 23.1 Å². The van der Waals surface area contributed by atoms with E-state index >= 15 is 0 Å². The van der Waals surface area contributed by atoms with Gasteiger partial charge < -0.3 is 15.4 Å². The maximum absolute atomic E-state index is 11.8. The molecule has 2 atom stereocenters. The van der Waals surface area contributed by atoms with Gasteiger partial charge in [0.15, 0.2) is 9.84 Å². The molecule has 1 saturated heterocycles. The lowest BCUT2D eigenvalue weighted by Crippen LogP contribution is -2.49. The van der Waals surface area contributed by atoms with Crippen LogP contribution in [0.5, 0.6) is 0 Å². The Morgan fingerprint density at radius 2 is 2.25 bits per heavy atom. The van der Waals surface area contributed by atoms with Gasteiger partial charge in [0.1, 0.15) is 0 Å². The predicted molar refractivity (Wildman–Crippen MR) is 76.3 cm³/mol. The van der Waals surface area contributed by atoms with Gasteiger partial charge in [-0.05, 0) is 26.2 Å². The van der Waals surface area contributed by atoms with E-state index in [1.165, 1.54) is 0 Å². The van der Waals surface area contributed by atoms with Gasteiger partial charge in [-0.25, -0.2) is 13.2 Å². The van der Waals surface area contributed by atoms with E-state index in [9.17, 15) is 13.2 Å². The van der Waals surface area contributed by atoms with Gasteiger partial charge in [0.05, 0.1) is 24.2 Å². The topological polar surface area (TPSA) is 84.5 Å². The lowest BCUT2D eigenvalue weighted by atomic mass is 10.1. The van der Waals surface area contributed by atoms with E-state index in [0.717, 1.165) is 12.0 Å². The van der Waals surface area contributed by atoms with E-state index in [4.69, 9.17) is 4.74 Å². The number of carbonyl (C=O) groups excluding carboxylic acids is 1. The summed E-state index contributed by atoms with van der Waals surface area (Å²) in [4.78, 5) is 11.8. The molecule has 2 amide bonds. The smallest absolute Gasteiger partial charge is 0.315 e. The van der Waals surface area contributed by atoms with Gasteiger partial charge in [0.2, 0.25) is 0 Å². The number of rotatable bonds is 3. The number of nitrogens with one attached hydrogen (secondary N) is 2. The van der Waals surface area contributed by atoms with Crippen molar-refractivity contribution in [3.05, 3.63) is 11.6 Å². The second-order valence-corrected chi connectivity index (χ2v) is 7.89. The van der Waals surface area contributed by atoms with Crippen LogP contribution in [0, 0.1) is 0 Å². The Kier molecular flexibility index (Phi) is 5.04. The summed E-state index contributed by atoms with van der Waals surface area (Å²) in [7, 11) is -3.06. The lowest BCUT2D eigenvalue weighted by molar-refractivity contribution is 0.153. The fourth-order valence-corrected chi connectivity index (χ4v) is 4.05. The zero-order valence-electron chi connectivity index (χ0n) is 11.7. The Balaban J connectivity index is 1.76. The first kappa shape index (κ1) is 15.3. The summed E-state index contributed by atoms with van der Waals surface area (Å²) in [5.41, 5.74) is 1.15. The van der Waals surface area contributed by atoms with Crippen molar-refractivity contribution in [2.75, 3.05) is 25.5 Å². The van der Waals surface area contributed by atoms with Crippen LogP contribution in [0.25, 0.3) is 0 Å². The third-order valence-corrected chi connectivity index (χ3v) is 6.17. The third kappa shape index (κ3) is 4.21. The molecule has 2 rings (SSSR count). The summed E-state index contributed by atoms with van der Waals surface area (Å²) >= 11 is 0. The van der Waals surface area contributed by atoms with E-state index in [1.54, 1.807) is 6.92 Å². The van der Waals surface area contributed by atoms with Crippen molar-refractivity contribution in [2.45, 2.75) is 37.5 Å². The van der Waals surface area contributed by atoms with Crippen LogP contribution in [0.15, 0.2) is 11.6 Å². The molecule has 7 heteroatoms. The van der Waals surface area contributed by atoms with Gasteiger partial charge in [-0.15, -0.1) is 0 Å². The van der Waals surface area contributed by atoms with E-state index < -0.39 is 9.84 Å². The second kappa shape index (κ2) is 6.58. The van der Waals surface area contributed by atoms with Crippen LogP contribution < -0.4 is 10.6 Å². The average Bonchev–Trinajstić information content (AvgIpc) is 2.41. The second-order valence-electron chi connectivity index (χ2n) is 5.43. The maximum Gasteiger partial charge on any atom is 0.315 e. The monoisotopic (exact) mass is 302 g/mol. The first-order valence-corrected chi connectivity index (χ1v) is 8.70. The van der Waals surface area contributed by atoms with Crippen LogP contribution in [0.2, 0.25) is 0 Å². The van der Waals surface area contributed by atoms with E-state index in [2.05, 4.69) is 10.6 Å². The molecule has 2 unspecified atom stereocenters. The number of hydrogen-bond donors (Lipinski definition) is 2. The van der Waals surface area contributed by atoms with Gasteiger partial charge in [-0.3, -0.25) is 0 Å². The first-order valence-electron chi connectivity index (χ1n) is 6.99. The number of ether oxygens (including phenoxy) is 1. The van der Waals surface area contributed by atoms with Gasteiger partial charge in [-0.1, -0.05) is 11.6 Å². The molecule has 2 heterocycles. The fourth-order valence-electron chi connectivity index (χ4n) is 2.41. The highest BCUT2D eigenvalue weighted by atomic mass is 32.2. The molecular formula is C13H22N2O4S. The van der Waals surface area contributed by atoms with Crippen LogP contribution in [0.3, 0.4) is 0 Å². The minimum Gasteiger partial charge on any atom is -0.377 e. The van der Waals surface area contributed by atoms with Crippen molar-refractivity contribution in [1.82, 2.24) is 10.6 Å². The molecule has 0 aromatic heterocycles. The zero-order chi connectivity index (χ0) is 14.6. The van der Waals surface area contributed by atoms with Crippen molar-refractivity contribution >= 4 is 15.9 Å². The normalized spacial score (nSPS) is 29.4. The summed E-state index contributed by atoms with van der Waals surface area (Å²) in [5, 5.41) is 5.22. The molecule has 0 radical (unpaired) electrons. The molecule has 2 N–H and O–H groups in total. The molecule has 0 aromatic rings. The summed E-state index contributed by atoms with van der Waals surface area (Å²) in [5.74, 6) is 0.0398. The molecule has 1 fully saturated rings. The Morgan fingerprint density at radius 1 is 1.45 bits per heavy atom. The minimum absolute atomic E-state index is 0.0398. The predicted octanol–water partition coefficient (Wildman–Crippen LogP) is 0.598. The van der Waals surface area contributed by atoms with Gasteiger partial charge in [-0.2, -0.15) is 0 Å². The highest BCUT2D eigenvalue weighted by Gasteiger charge is 2.31. The molecule has 0 saturated carbocycles. The molecular weight excluding hydrogens is 280 g/mol. The zero-order valence-corrected chi connectivity index (χ0v) is 12.5. The SMILES string of the molecule is CC1CCC(NC(=O)NCC2=CCOCC2)CS1(=O)=O. The van der Waals surface area contributed by atoms with Crippen molar-refractivity contribution in [3.8, 4) is 0 Å². The van der Waals surface area contributed by atoms with Crippen molar-refractivity contribution < 1.29 is 17.9 Å². The molecule has 2 aliphatic heterocycles. The average molecular weight is 302 g/mol. The highest BCUT2D eigenvalue weighted by Crippen LogP contribution is 2.19. The molecule has 2 aliphatic rings. The first-order chi connectivity index (χ1) is 9.47. The Bertz CT molecular complexity index is 487. The summed E-state index contributed by atoms with van der Waals surface area (Å²) in [6.45, 7) is 3.50. The molecule has 0 spiro atoms. The van der Waals surface area contributed by atoms with Crippen LogP contribution in [0.4, 0.5) is 4.79 Å². The molecule has 114 valence electrons. The number of hydrogen-bond acceptors (Lipinski definition) is 4. The number of carbonyl (C=O) groups is 1. The Morgan fingerprint density at radius 3 is 2.90 bits per heavy atom. The van der Waals surface area contributed by atoms with Crippen molar-refractivity contribution in [3.63, 3.8) is 0 Å². The van der Waals surface area contributed by atoms with Crippen LogP contribution in [-0.4, -0.2) is 51.3 Å². The van der Waals surface area contributed by atoms with Crippen molar-refractivity contribution in [1.29, 1.82) is 0 Å². The largest absolute Gasteiger partial charge is 0.377 e. The summed E-state index contributed by atoms with van der Waals surface area (Å²) < 4.78 is 28.8. The molecule has 0 aliphatic carbocycles. The van der Waals surface area contributed by atoms with E-state index in [0.29, 0.717) is 32.6 Å². The minimum atomic E-state index is -3.06. The summed E-state index contributed by atoms with van der Waals surface area (Å²) in [6, 6.07) is -0.577. The Labute approximate surface area is 119 Å². The van der Waals surface area contributed by atoms with Crippen LogP contribution in [-0.2, 0) is 14.6 Å². The number of urea groups is 1. The third-order valence-electron chi connectivity index (χ3n) is 3.84. The van der Waals surface area contributed by atoms with Crippen molar-refractivity contribution in [2.24, 2.45) is 0 Å². The van der Waals surface area contributed by atoms with Gasteiger partial charge in [0.25, 0.3) is 0 Å². The van der Waals surface area contributed by atoms with Crippen LogP contribution in [0.1, 0.15) is 26.2 Å². The molecule has 20 heavy (non-hydrogen) atoms. The molecule has 6 nitrogen and oxygen atoms in total. The lowest BCUT2D eigenvalue weighted by Gasteiger charge is -2.27. The number of amides is 2. The molecule has 0 bridgehead atoms. The molecule has 0 aromatic carbocycles. The highest BCUT2D eigenvalue weighted by molar-refractivity contribution is 7.92.